The van der Waals surface area contributed by atoms with Crippen molar-refractivity contribution in [3.63, 3.8) is 0 Å². The third-order valence-corrected chi connectivity index (χ3v) is 14.3. The summed E-state index contributed by atoms with van der Waals surface area (Å²) in [6.45, 7) is 0. The van der Waals surface area contributed by atoms with Gasteiger partial charge in [0.2, 0.25) is 0 Å². The van der Waals surface area contributed by atoms with Gasteiger partial charge in [0.15, 0.2) is 17.5 Å². The van der Waals surface area contributed by atoms with Gasteiger partial charge in [-0.25, -0.2) is 15.0 Å². The molecule has 7 nitrogen and oxygen atoms in total. The predicted molar refractivity (Wildman–Crippen MR) is 310 cm³/mol. The minimum Gasteiger partial charge on any atom is -0.456 e. The van der Waals surface area contributed by atoms with Crippen molar-refractivity contribution in [3.05, 3.63) is 248 Å². The summed E-state index contributed by atoms with van der Waals surface area (Å²) in [6.07, 6.45) is 0. The third kappa shape index (κ3) is 6.52. The van der Waals surface area contributed by atoms with Crippen LogP contribution in [-0.2, 0) is 0 Å². The van der Waals surface area contributed by atoms with Crippen molar-refractivity contribution in [1.82, 2.24) is 24.1 Å². The molecule has 76 heavy (non-hydrogen) atoms. The second-order valence-electron chi connectivity index (χ2n) is 18.4. The SMILES string of the molecule is [2H]c1c([2H])c([2H])c(-c2nc(-c3cccc4oc5ccc(-c6ccc7c(c6)c6ccccc6n7-c6c([2H])c([2H])c([2H])c([2H])c6[2H])cc5c34)nc(-c3cccc4oc5ccc(-c6ccc7c(c6)c6ccccc6n7-c6c([2H])c([2H])c([2H])c([2H])c6[2H])cc5c34)n2)c([2H])c1[2H]. The van der Waals surface area contributed by atoms with Crippen LogP contribution in [0.4, 0.5) is 0 Å². The fourth-order valence-corrected chi connectivity index (χ4v) is 11.0. The van der Waals surface area contributed by atoms with E-state index in [0.29, 0.717) is 77.1 Å². The summed E-state index contributed by atoms with van der Waals surface area (Å²) in [4.78, 5) is 15.2. The van der Waals surface area contributed by atoms with Gasteiger partial charge in [-0.1, -0.05) is 151 Å². The summed E-state index contributed by atoms with van der Waals surface area (Å²) in [5.74, 6) is 0.0306. The van der Waals surface area contributed by atoms with E-state index < -0.39 is 66.5 Å². The van der Waals surface area contributed by atoms with E-state index in [1.807, 2.05) is 146 Å². The number of benzene rings is 11. The monoisotopic (exact) mass is 986 g/mol. The van der Waals surface area contributed by atoms with E-state index in [1.165, 1.54) is 0 Å². The van der Waals surface area contributed by atoms with Crippen molar-refractivity contribution >= 4 is 87.5 Å². The highest BCUT2D eigenvalue weighted by Crippen LogP contribution is 2.43. The standard InChI is InChI=1S/C69H41N5O2/c1-4-16-42(17-5-1)67-70-68(51-24-14-28-63-65(51)55-40-45(32-36-61(55)75-63)43-30-34-59-53(38-43)49-22-10-12-26-57(49)73(59)47-18-6-2-7-19-47)72-69(71-67)52-25-15-29-64-66(52)56-41-46(33-37-62(56)76-64)44-31-35-60-54(39-44)50-23-11-13-27-58(50)74(60)48-20-8-3-9-21-48/h1-41H/i1D,2D,3D,4D,5D,6D,7D,8D,9D,16D,17D,18D,19D,20D,21D. The molecular weight excluding hydrogens is 931 g/mol. The van der Waals surface area contributed by atoms with Gasteiger partial charge >= 0.3 is 0 Å². The van der Waals surface area contributed by atoms with Gasteiger partial charge in [0, 0.05) is 71.2 Å². The predicted octanol–water partition coefficient (Wildman–Crippen LogP) is 18.2. The van der Waals surface area contributed by atoms with E-state index in [2.05, 4.69) is 0 Å². The highest BCUT2D eigenvalue weighted by molar-refractivity contribution is 6.16. The Morgan fingerprint density at radius 3 is 1.17 bits per heavy atom. The average molecular weight is 987 g/mol. The van der Waals surface area contributed by atoms with Crippen molar-refractivity contribution in [1.29, 1.82) is 0 Å². The van der Waals surface area contributed by atoms with E-state index in [-0.39, 0.29) is 58.6 Å². The molecule has 0 aliphatic rings. The zero-order valence-corrected chi connectivity index (χ0v) is 39.6. The molecule has 0 fully saturated rings. The van der Waals surface area contributed by atoms with Crippen LogP contribution in [0.3, 0.4) is 0 Å². The molecule has 7 heteroatoms. The molecule has 0 spiro atoms. The second-order valence-corrected chi connectivity index (χ2v) is 18.4. The molecule has 11 aromatic carbocycles. The topological polar surface area (TPSA) is 74.8 Å². The summed E-state index contributed by atoms with van der Waals surface area (Å²) in [7, 11) is 0. The highest BCUT2D eigenvalue weighted by Gasteiger charge is 2.22. The van der Waals surface area contributed by atoms with E-state index in [4.69, 9.17) is 44.3 Å². The largest absolute Gasteiger partial charge is 0.456 e. The van der Waals surface area contributed by atoms with Gasteiger partial charge in [-0.05, 0) is 119 Å². The first-order chi connectivity index (χ1) is 43.9. The van der Waals surface area contributed by atoms with E-state index in [9.17, 15) is 0 Å². The van der Waals surface area contributed by atoms with Gasteiger partial charge in [0.05, 0.1) is 42.6 Å². The number of hydrogen-bond donors (Lipinski definition) is 0. The molecule has 16 rings (SSSR count). The molecule has 0 bridgehead atoms. The molecule has 0 saturated carbocycles. The van der Waals surface area contributed by atoms with E-state index in [0.717, 1.165) is 43.8 Å². The van der Waals surface area contributed by atoms with Crippen molar-refractivity contribution in [3.8, 4) is 67.8 Å². The smallest absolute Gasteiger partial charge is 0.164 e. The van der Waals surface area contributed by atoms with Gasteiger partial charge < -0.3 is 18.0 Å². The summed E-state index contributed by atoms with van der Waals surface area (Å²) < 4.78 is 147. The number of furan rings is 2. The fraction of sp³-hybridized carbons (Fsp3) is 0. The molecule has 0 atom stereocenters. The molecule has 0 unspecified atom stereocenters. The number of para-hydroxylation sites is 4. The Balaban J connectivity index is 0.870. The van der Waals surface area contributed by atoms with Crippen LogP contribution in [0.2, 0.25) is 0 Å². The van der Waals surface area contributed by atoms with Crippen LogP contribution in [0.5, 0.6) is 0 Å². The summed E-state index contributed by atoms with van der Waals surface area (Å²) in [5.41, 5.74) is 8.64. The molecule has 0 aliphatic heterocycles. The van der Waals surface area contributed by atoms with Gasteiger partial charge in [-0.15, -0.1) is 0 Å². The number of fused-ring (bicyclic) bond motifs is 12. The van der Waals surface area contributed by atoms with Crippen molar-refractivity contribution in [2.24, 2.45) is 0 Å². The zero-order chi connectivity index (χ0) is 62.9. The first-order valence-electron chi connectivity index (χ1n) is 31.8. The third-order valence-electron chi connectivity index (χ3n) is 14.3. The molecule has 5 aromatic heterocycles. The molecule has 0 aliphatic carbocycles. The zero-order valence-electron chi connectivity index (χ0n) is 54.6. The maximum atomic E-state index is 9.15. The van der Waals surface area contributed by atoms with Crippen LogP contribution in [0.15, 0.2) is 257 Å². The van der Waals surface area contributed by atoms with Crippen LogP contribution in [0, 0.1) is 0 Å². The minimum atomic E-state index is -0.581. The van der Waals surface area contributed by atoms with Gasteiger partial charge in [0.25, 0.3) is 0 Å². The number of hydrogen-bond acceptors (Lipinski definition) is 5. The second kappa shape index (κ2) is 16.6. The Labute approximate surface area is 455 Å². The van der Waals surface area contributed by atoms with Gasteiger partial charge in [0.1, 0.15) is 22.3 Å². The lowest BCUT2D eigenvalue weighted by Gasteiger charge is -2.10. The molecule has 354 valence electrons. The first-order valence-corrected chi connectivity index (χ1v) is 24.3. The van der Waals surface area contributed by atoms with Crippen molar-refractivity contribution < 1.29 is 29.4 Å². The first kappa shape index (κ1) is 30.0. The maximum Gasteiger partial charge on any atom is 0.164 e. The molecule has 16 aromatic rings. The van der Waals surface area contributed by atoms with Gasteiger partial charge in [-0.3, -0.25) is 0 Å². The molecule has 0 saturated heterocycles. The average Bonchev–Trinajstić information content (AvgIpc) is 1.68. The molecular formula is C69H41N5O2. The van der Waals surface area contributed by atoms with E-state index in [1.54, 1.807) is 21.3 Å². The lowest BCUT2D eigenvalue weighted by Crippen LogP contribution is -2.00. The quantitative estimate of drug-likeness (QED) is 0.159. The molecule has 0 N–H and O–H groups in total. The van der Waals surface area contributed by atoms with Crippen molar-refractivity contribution in [2.45, 2.75) is 0 Å². The van der Waals surface area contributed by atoms with Crippen LogP contribution >= 0.6 is 0 Å². The van der Waals surface area contributed by atoms with E-state index >= 15 is 0 Å². The normalized spacial score (nSPS) is 14.7. The Kier molecular flexibility index (Phi) is 6.54. The minimum absolute atomic E-state index is 0.0390. The Bertz CT molecular complexity index is 5540. The summed E-state index contributed by atoms with van der Waals surface area (Å²) in [6, 6.07) is 42.4. The maximum absolute atomic E-state index is 9.15. The molecule has 0 amide bonds. The number of rotatable bonds is 7. The van der Waals surface area contributed by atoms with Crippen LogP contribution in [0.1, 0.15) is 20.6 Å². The summed E-state index contributed by atoms with van der Waals surface area (Å²) in [5, 5.41) is 5.78. The van der Waals surface area contributed by atoms with Crippen molar-refractivity contribution in [2.75, 3.05) is 0 Å². The lowest BCUT2D eigenvalue weighted by atomic mass is 9.98. The van der Waals surface area contributed by atoms with Crippen LogP contribution in [-0.4, -0.2) is 24.1 Å². The number of nitrogens with zero attached hydrogens (tertiary/aromatic N) is 5. The van der Waals surface area contributed by atoms with Crippen LogP contribution in [0.25, 0.3) is 155 Å². The highest BCUT2D eigenvalue weighted by atomic mass is 16.3. The fourth-order valence-electron chi connectivity index (χ4n) is 11.0. The molecule has 0 radical (unpaired) electrons. The lowest BCUT2D eigenvalue weighted by molar-refractivity contribution is 0.668. The molecule has 5 heterocycles. The van der Waals surface area contributed by atoms with Gasteiger partial charge in [-0.2, -0.15) is 0 Å². The summed E-state index contributed by atoms with van der Waals surface area (Å²) >= 11 is 0. The Hall–Kier alpha value is -10.4. The Morgan fingerprint density at radius 1 is 0.303 bits per heavy atom. The Morgan fingerprint density at radius 2 is 0.697 bits per heavy atom. The number of aromatic nitrogens is 5. The van der Waals surface area contributed by atoms with Crippen LogP contribution < -0.4 is 0 Å².